The lowest BCUT2D eigenvalue weighted by Gasteiger charge is -2.19. The van der Waals surface area contributed by atoms with E-state index in [4.69, 9.17) is 0 Å². The fourth-order valence-corrected chi connectivity index (χ4v) is 3.98. The van der Waals surface area contributed by atoms with Crippen LogP contribution in [0.1, 0.15) is 31.2 Å². The maximum atomic E-state index is 12.0. The zero-order valence-corrected chi connectivity index (χ0v) is 17.7. The number of carbonyl (C=O) groups is 1. The van der Waals surface area contributed by atoms with E-state index in [1.807, 2.05) is 29.1 Å². The maximum absolute atomic E-state index is 12.0. The second-order valence-corrected chi connectivity index (χ2v) is 9.31. The summed E-state index contributed by atoms with van der Waals surface area (Å²) in [7, 11) is 1.93. The van der Waals surface area contributed by atoms with Crippen LogP contribution in [0.3, 0.4) is 0 Å². The molecule has 0 saturated carbocycles. The molecule has 0 radical (unpaired) electrons. The number of amides is 1. The summed E-state index contributed by atoms with van der Waals surface area (Å²) in [6.45, 7) is 7.16. The van der Waals surface area contributed by atoms with Gasteiger partial charge in [0.15, 0.2) is 11.0 Å². The quantitative estimate of drug-likeness (QED) is 0.629. The molecule has 1 amide bonds. The van der Waals surface area contributed by atoms with Crippen LogP contribution in [-0.4, -0.2) is 26.4 Å². The molecule has 2 heterocycles. The molecule has 7 heteroatoms. The SMILES string of the molecule is Cn1c(SCC(=O)NCc2cccs2)nnc1-c1ccc(C(C)(C)C)cc1. The summed E-state index contributed by atoms with van der Waals surface area (Å²) < 4.78 is 1.93. The lowest BCUT2D eigenvalue weighted by Crippen LogP contribution is -2.24. The summed E-state index contributed by atoms with van der Waals surface area (Å²) in [5, 5.41) is 14.2. The van der Waals surface area contributed by atoms with Crippen molar-refractivity contribution < 1.29 is 4.79 Å². The summed E-state index contributed by atoms with van der Waals surface area (Å²) in [4.78, 5) is 13.2. The number of nitrogens with zero attached hydrogens (tertiary/aromatic N) is 3. The van der Waals surface area contributed by atoms with E-state index < -0.39 is 0 Å². The molecule has 5 nitrogen and oxygen atoms in total. The summed E-state index contributed by atoms with van der Waals surface area (Å²) in [5.74, 6) is 1.12. The van der Waals surface area contributed by atoms with Crippen LogP contribution in [0.15, 0.2) is 46.9 Å². The Labute approximate surface area is 168 Å². The van der Waals surface area contributed by atoms with Gasteiger partial charge in [-0.3, -0.25) is 4.79 Å². The lowest BCUT2D eigenvalue weighted by molar-refractivity contribution is -0.118. The second-order valence-electron chi connectivity index (χ2n) is 7.34. The number of thioether (sulfide) groups is 1. The molecule has 0 aliphatic rings. The molecule has 0 spiro atoms. The van der Waals surface area contributed by atoms with Crippen LogP contribution in [0.5, 0.6) is 0 Å². The van der Waals surface area contributed by atoms with Gasteiger partial charge in [-0.05, 0) is 22.4 Å². The van der Waals surface area contributed by atoms with Gasteiger partial charge < -0.3 is 9.88 Å². The first kappa shape index (κ1) is 19.6. The highest BCUT2D eigenvalue weighted by Crippen LogP contribution is 2.27. The van der Waals surface area contributed by atoms with Gasteiger partial charge in [0.2, 0.25) is 5.91 Å². The number of carbonyl (C=O) groups excluding carboxylic acids is 1. The molecular formula is C20H24N4OS2. The molecule has 0 atom stereocenters. The number of benzene rings is 1. The molecule has 1 N–H and O–H groups in total. The first-order valence-corrected chi connectivity index (χ1v) is 10.6. The van der Waals surface area contributed by atoms with Crippen LogP contribution in [0.4, 0.5) is 0 Å². The zero-order chi connectivity index (χ0) is 19.4. The highest BCUT2D eigenvalue weighted by Gasteiger charge is 2.16. The van der Waals surface area contributed by atoms with E-state index >= 15 is 0 Å². The molecule has 27 heavy (non-hydrogen) atoms. The van der Waals surface area contributed by atoms with Crippen LogP contribution < -0.4 is 5.32 Å². The van der Waals surface area contributed by atoms with Gasteiger partial charge in [0.1, 0.15) is 0 Å². The first-order valence-electron chi connectivity index (χ1n) is 8.77. The Kier molecular flexibility index (Phi) is 6.01. The van der Waals surface area contributed by atoms with Crippen molar-refractivity contribution in [1.29, 1.82) is 0 Å². The molecular weight excluding hydrogens is 376 g/mol. The van der Waals surface area contributed by atoms with Gasteiger partial charge in [-0.2, -0.15) is 0 Å². The Bertz CT molecular complexity index is 893. The highest BCUT2D eigenvalue weighted by atomic mass is 32.2. The predicted octanol–water partition coefficient (Wildman–Crippen LogP) is 4.25. The van der Waals surface area contributed by atoms with Crippen molar-refractivity contribution in [3.8, 4) is 11.4 Å². The molecule has 0 fully saturated rings. The Morgan fingerprint density at radius 2 is 1.93 bits per heavy atom. The molecule has 3 aromatic rings. The smallest absolute Gasteiger partial charge is 0.230 e. The van der Waals surface area contributed by atoms with E-state index in [1.165, 1.54) is 17.3 Å². The first-order chi connectivity index (χ1) is 12.8. The van der Waals surface area contributed by atoms with E-state index in [2.05, 4.69) is 60.6 Å². The average Bonchev–Trinajstić information content (AvgIpc) is 3.27. The normalized spacial score (nSPS) is 11.6. The molecule has 3 rings (SSSR count). The van der Waals surface area contributed by atoms with Gasteiger partial charge >= 0.3 is 0 Å². The van der Waals surface area contributed by atoms with Crippen LogP contribution >= 0.6 is 23.1 Å². The maximum Gasteiger partial charge on any atom is 0.230 e. The Morgan fingerprint density at radius 1 is 1.19 bits per heavy atom. The third-order valence-corrected chi connectivity index (χ3v) is 6.11. The number of nitrogens with one attached hydrogen (secondary N) is 1. The standard InChI is InChI=1S/C20H24N4OS2/c1-20(2,3)15-9-7-14(8-10-15)18-22-23-19(24(18)4)27-13-17(25)21-12-16-6-5-11-26-16/h5-11H,12-13H2,1-4H3,(H,21,25). The van der Waals surface area contributed by atoms with Crippen molar-refractivity contribution in [2.45, 2.75) is 37.9 Å². The number of aromatic nitrogens is 3. The van der Waals surface area contributed by atoms with E-state index in [0.717, 1.165) is 21.4 Å². The van der Waals surface area contributed by atoms with Gasteiger partial charge in [-0.1, -0.05) is 62.9 Å². The Balaban J connectivity index is 1.60. The fourth-order valence-electron chi connectivity index (χ4n) is 2.59. The van der Waals surface area contributed by atoms with Crippen LogP contribution in [0, 0.1) is 0 Å². The molecule has 2 aromatic heterocycles. The minimum Gasteiger partial charge on any atom is -0.350 e. The minimum absolute atomic E-state index is 0.00696. The molecule has 0 aliphatic carbocycles. The number of rotatable bonds is 6. The summed E-state index contributed by atoms with van der Waals surface area (Å²) >= 11 is 3.03. The second kappa shape index (κ2) is 8.27. The average molecular weight is 401 g/mol. The van der Waals surface area contributed by atoms with Crippen LogP contribution in [0.25, 0.3) is 11.4 Å². The topological polar surface area (TPSA) is 59.8 Å². The van der Waals surface area contributed by atoms with Crippen molar-refractivity contribution in [1.82, 2.24) is 20.1 Å². The van der Waals surface area contributed by atoms with Crippen molar-refractivity contribution in [3.05, 3.63) is 52.2 Å². The number of hydrogen-bond acceptors (Lipinski definition) is 5. The number of hydrogen-bond donors (Lipinski definition) is 1. The lowest BCUT2D eigenvalue weighted by atomic mass is 9.87. The molecule has 0 saturated heterocycles. The molecule has 0 aliphatic heterocycles. The summed E-state index contributed by atoms with van der Waals surface area (Å²) in [6, 6.07) is 12.4. The van der Waals surface area contributed by atoms with Gasteiger partial charge in [-0.25, -0.2) is 0 Å². The summed E-state index contributed by atoms with van der Waals surface area (Å²) in [6.07, 6.45) is 0. The van der Waals surface area contributed by atoms with Gasteiger partial charge in [0.25, 0.3) is 0 Å². The zero-order valence-electron chi connectivity index (χ0n) is 16.0. The van der Waals surface area contributed by atoms with E-state index in [9.17, 15) is 4.79 Å². The van der Waals surface area contributed by atoms with Crippen molar-refractivity contribution in [3.63, 3.8) is 0 Å². The largest absolute Gasteiger partial charge is 0.350 e. The molecule has 1 aromatic carbocycles. The monoisotopic (exact) mass is 400 g/mol. The van der Waals surface area contributed by atoms with Crippen molar-refractivity contribution in [2.24, 2.45) is 7.05 Å². The molecule has 0 unspecified atom stereocenters. The molecule has 142 valence electrons. The Morgan fingerprint density at radius 3 is 2.56 bits per heavy atom. The fraction of sp³-hybridized carbons (Fsp3) is 0.350. The van der Waals surface area contributed by atoms with E-state index in [-0.39, 0.29) is 11.3 Å². The molecule has 0 bridgehead atoms. The van der Waals surface area contributed by atoms with E-state index in [0.29, 0.717) is 12.3 Å². The van der Waals surface area contributed by atoms with Crippen LogP contribution in [-0.2, 0) is 23.8 Å². The third kappa shape index (κ3) is 4.99. The highest BCUT2D eigenvalue weighted by molar-refractivity contribution is 7.99. The van der Waals surface area contributed by atoms with Crippen molar-refractivity contribution in [2.75, 3.05) is 5.75 Å². The van der Waals surface area contributed by atoms with Crippen LogP contribution in [0.2, 0.25) is 0 Å². The van der Waals surface area contributed by atoms with Gasteiger partial charge in [0.05, 0.1) is 12.3 Å². The minimum atomic E-state index is -0.00696. The van der Waals surface area contributed by atoms with Crippen molar-refractivity contribution >= 4 is 29.0 Å². The van der Waals surface area contributed by atoms with E-state index in [1.54, 1.807) is 11.3 Å². The van der Waals surface area contributed by atoms with Gasteiger partial charge in [-0.15, -0.1) is 21.5 Å². The third-order valence-electron chi connectivity index (χ3n) is 4.22. The number of thiophene rings is 1. The van der Waals surface area contributed by atoms with Gasteiger partial charge in [0, 0.05) is 17.5 Å². The Hall–Kier alpha value is -2.12. The predicted molar refractivity (Wildman–Crippen MR) is 112 cm³/mol. The summed E-state index contributed by atoms with van der Waals surface area (Å²) in [5.41, 5.74) is 2.42.